The van der Waals surface area contributed by atoms with Crippen LogP contribution >= 0.6 is 0 Å². The van der Waals surface area contributed by atoms with Crippen molar-refractivity contribution in [1.29, 1.82) is 0 Å². The molecule has 0 unspecified atom stereocenters. The highest BCUT2D eigenvalue weighted by Gasteiger charge is 2.19. The fraction of sp³-hybridized carbons (Fsp3) is 0. The number of para-hydroxylation sites is 3. The van der Waals surface area contributed by atoms with Crippen molar-refractivity contribution < 1.29 is 0 Å². The van der Waals surface area contributed by atoms with Crippen LogP contribution in [-0.2, 0) is 0 Å². The van der Waals surface area contributed by atoms with Crippen molar-refractivity contribution in [2.24, 2.45) is 0 Å². The summed E-state index contributed by atoms with van der Waals surface area (Å²) in [6, 6.07) is 89.4. The molecule has 0 fully saturated rings. The van der Waals surface area contributed by atoms with Crippen LogP contribution < -0.4 is 0 Å². The van der Waals surface area contributed by atoms with Gasteiger partial charge in [0.1, 0.15) is 0 Å². The van der Waals surface area contributed by atoms with Crippen LogP contribution in [0.1, 0.15) is 0 Å². The quantitative estimate of drug-likeness (QED) is 0.118. The van der Waals surface area contributed by atoms with Crippen molar-refractivity contribution in [2.75, 3.05) is 0 Å². The molecule has 67 heavy (non-hydrogen) atoms. The van der Waals surface area contributed by atoms with Gasteiger partial charge in [-0.2, -0.15) is 0 Å². The van der Waals surface area contributed by atoms with Gasteiger partial charge in [-0.3, -0.25) is 0 Å². The average Bonchev–Trinajstić information content (AvgIpc) is 3.75. The molecule has 0 bridgehead atoms. The summed E-state index contributed by atoms with van der Waals surface area (Å²) < 4.78 is 2.40. The molecular weight excluding hydrogens is 811 g/mol. The van der Waals surface area contributed by atoms with Crippen LogP contribution in [0.25, 0.3) is 127 Å². The highest BCUT2D eigenvalue weighted by Crippen LogP contribution is 2.42. The van der Waals surface area contributed by atoms with Gasteiger partial charge < -0.3 is 4.57 Å². The summed E-state index contributed by atoms with van der Waals surface area (Å²) in [6.45, 7) is 0. The maximum Gasteiger partial charge on any atom is 0.160 e. The maximum absolute atomic E-state index is 5.42. The third-order valence-corrected chi connectivity index (χ3v) is 13.4. The lowest BCUT2D eigenvalue weighted by Gasteiger charge is -2.15. The molecule has 0 N–H and O–H groups in total. The zero-order chi connectivity index (χ0) is 44.3. The van der Waals surface area contributed by atoms with Gasteiger partial charge >= 0.3 is 0 Å². The Morgan fingerprint density at radius 1 is 0.284 bits per heavy atom. The fourth-order valence-electron chi connectivity index (χ4n) is 10.3. The molecule has 0 aliphatic heterocycles. The molecule has 0 amide bonds. The Bertz CT molecular complexity index is 4020. The number of aromatic nitrogens is 3. The Hall–Kier alpha value is -8.92. The van der Waals surface area contributed by atoms with Gasteiger partial charge in [0.2, 0.25) is 0 Å². The first-order valence-corrected chi connectivity index (χ1v) is 22.9. The number of nitrogens with zero attached hydrogens (tertiary/aromatic N) is 3. The van der Waals surface area contributed by atoms with Crippen molar-refractivity contribution in [3.63, 3.8) is 0 Å². The summed E-state index contributed by atoms with van der Waals surface area (Å²) in [5.41, 5.74) is 15.2. The van der Waals surface area contributed by atoms with E-state index in [9.17, 15) is 0 Å². The smallest absolute Gasteiger partial charge is 0.160 e. The van der Waals surface area contributed by atoms with E-state index in [1.807, 2.05) is 0 Å². The minimum Gasteiger partial charge on any atom is -0.309 e. The Balaban J connectivity index is 0.986. The first-order valence-electron chi connectivity index (χ1n) is 22.9. The second kappa shape index (κ2) is 16.0. The van der Waals surface area contributed by atoms with Gasteiger partial charge in [0.15, 0.2) is 5.82 Å². The topological polar surface area (TPSA) is 30.7 Å². The van der Waals surface area contributed by atoms with E-state index in [-0.39, 0.29) is 0 Å². The molecule has 13 aromatic rings. The number of benzene rings is 11. The number of hydrogen-bond donors (Lipinski definition) is 0. The van der Waals surface area contributed by atoms with Gasteiger partial charge in [-0.05, 0) is 96.5 Å². The standard InChI is InChI=1S/C64H41N3/c1-3-17-42(18-4-1)50-25-11-12-28-54(50)60-41-59(48-22-15-21-46(39-48)53-30-16-31-57-55-29-13-14-32-61(55)67(63(53)57)49-23-5-2-6-24-49)65-64(66-60)45-35-33-44(34-36-45)62-52-27-10-8-20-47(52)40-58-51-26-9-7-19-43(51)37-38-56(58)62/h1-41H. The summed E-state index contributed by atoms with van der Waals surface area (Å²) >= 11 is 0. The van der Waals surface area contributed by atoms with Gasteiger partial charge in [0.25, 0.3) is 0 Å². The molecule has 2 aromatic heterocycles. The van der Waals surface area contributed by atoms with Crippen LogP contribution in [0.3, 0.4) is 0 Å². The molecular formula is C64H41N3. The summed E-state index contributed by atoms with van der Waals surface area (Å²) in [5.74, 6) is 0.674. The first-order chi connectivity index (χ1) is 33.2. The van der Waals surface area contributed by atoms with E-state index in [0.29, 0.717) is 5.82 Å². The van der Waals surface area contributed by atoms with Gasteiger partial charge in [0, 0.05) is 38.7 Å². The lowest BCUT2D eigenvalue weighted by molar-refractivity contribution is 1.18. The lowest BCUT2D eigenvalue weighted by atomic mass is 9.89. The third kappa shape index (κ3) is 6.59. The highest BCUT2D eigenvalue weighted by molar-refractivity contribution is 6.20. The van der Waals surface area contributed by atoms with E-state index < -0.39 is 0 Å². The van der Waals surface area contributed by atoms with Crippen LogP contribution in [0.5, 0.6) is 0 Å². The maximum atomic E-state index is 5.42. The van der Waals surface area contributed by atoms with E-state index in [1.165, 1.54) is 59.7 Å². The van der Waals surface area contributed by atoms with Crippen LogP contribution in [0, 0.1) is 0 Å². The third-order valence-electron chi connectivity index (χ3n) is 13.4. The molecule has 3 heteroatoms. The Morgan fingerprint density at radius 3 is 1.72 bits per heavy atom. The van der Waals surface area contributed by atoms with E-state index in [4.69, 9.17) is 9.97 Å². The predicted octanol–water partition coefficient (Wildman–Crippen LogP) is 17.0. The summed E-state index contributed by atoms with van der Waals surface area (Å²) in [5, 5.41) is 9.91. The monoisotopic (exact) mass is 851 g/mol. The zero-order valence-electron chi connectivity index (χ0n) is 36.5. The Kier molecular flexibility index (Phi) is 9.17. The molecule has 0 saturated heterocycles. The molecule has 0 atom stereocenters. The van der Waals surface area contributed by atoms with Gasteiger partial charge in [-0.25, -0.2) is 9.97 Å². The van der Waals surface area contributed by atoms with Gasteiger partial charge in [0.05, 0.1) is 22.4 Å². The molecule has 0 aliphatic rings. The van der Waals surface area contributed by atoms with Crippen molar-refractivity contribution in [3.05, 3.63) is 249 Å². The largest absolute Gasteiger partial charge is 0.309 e. The van der Waals surface area contributed by atoms with E-state index >= 15 is 0 Å². The molecule has 0 radical (unpaired) electrons. The molecule has 312 valence electrons. The second-order valence-electron chi connectivity index (χ2n) is 17.3. The van der Waals surface area contributed by atoms with Crippen LogP contribution in [0.2, 0.25) is 0 Å². The Morgan fingerprint density at radius 2 is 0.881 bits per heavy atom. The zero-order valence-corrected chi connectivity index (χ0v) is 36.5. The predicted molar refractivity (Wildman–Crippen MR) is 282 cm³/mol. The van der Waals surface area contributed by atoms with E-state index in [0.717, 1.165) is 61.6 Å². The highest BCUT2D eigenvalue weighted by atomic mass is 15.0. The van der Waals surface area contributed by atoms with Crippen molar-refractivity contribution in [2.45, 2.75) is 0 Å². The summed E-state index contributed by atoms with van der Waals surface area (Å²) in [6.07, 6.45) is 0. The molecule has 13 rings (SSSR count). The van der Waals surface area contributed by atoms with Crippen LogP contribution in [0.15, 0.2) is 249 Å². The number of hydrogen-bond acceptors (Lipinski definition) is 2. The summed E-state index contributed by atoms with van der Waals surface area (Å²) in [4.78, 5) is 10.8. The SMILES string of the molecule is c1ccc(-c2ccccc2-c2cc(-c3cccc(-c4cccc5c6ccccc6n(-c6ccccc6)c45)c3)nc(-c3ccc(-c4c5ccccc5cc5c4ccc4ccccc45)cc3)n2)cc1. The van der Waals surface area contributed by atoms with Crippen LogP contribution in [0.4, 0.5) is 0 Å². The van der Waals surface area contributed by atoms with Crippen molar-refractivity contribution in [1.82, 2.24) is 14.5 Å². The van der Waals surface area contributed by atoms with Gasteiger partial charge in [-0.15, -0.1) is 0 Å². The second-order valence-corrected chi connectivity index (χ2v) is 17.3. The molecule has 2 heterocycles. The number of fused-ring (bicyclic) bond motifs is 7. The first kappa shape index (κ1) is 38.5. The molecule has 0 saturated carbocycles. The molecule has 0 spiro atoms. The minimum absolute atomic E-state index is 0.674. The van der Waals surface area contributed by atoms with E-state index in [1.54, 1.807) is 0 Å². The molecule has 11 aromatic carbocycles. The van der Waals surface area contributed by atoms with Crippen LogP contribution in [-0.4, -0.2) is 14.5 Å². The molecule has 3 nitrogen and oxygen atoms in total. The minimum atomic E-state index is 0.674. The van der Waals surface area contributed by atoms with Gasteiger partial charge in [-0.1, -0.05) is 212 Å². The summed E-state index contributed by atoms with van der Waals surface area (Å²) in [7, 11) is 0. The number of rotatable bonds is 7. The lowest BCUT2D eigenvalue weighted by Crippen LogP contribution is -1.98. The molecule has 0 aliphatic carbocycles. The average molecular weight is 852 g/mol. The van der Waals surface area contributed by atoms with Crippen molar-refractivity contribution in [3.8, 4) is 73.0 Å². The fourth-order valence-corrected chi connectivity index (χ4v) is 10.3. The van der Waals surface area contributed by atoms with Crippen molar-refractivity contribution >= 4 is 54.1 Å². The normalized spacial score (nSPS) is 11.6. The van der Waals surface area contributed by atoms with E-state index in [2.05, 4.69) is 253 Å². The Labute approximate surface area is 388 Å².